The number of hydrogen-bond donors (Lipinski definition) is 2. The van der Waals surface area contributed by atoms with Crippen LogP contribution in [0.4, 0.5) is 22.7 Å². The number of unbranched alkanes of at least 4 members (excludes halogenated alkanes) is 1. The van der Waals surface area contributed by atoms with Crippen molar-refractivity contribution >= 4 is 28.3 Å². The van der Waals surface area contributed by atoms with Crippen LogP contribution in [0.1, 0.15) is 47.5 Å². The first-order valence-electron chi connectivity index (χ1n) is 12.6. The van der Waals surface area contributed by atoms with Crippen molar-refractivity contribution in [2.75, 3.05) is 5.32 Å². The van der Waals surface area contributed by atoms with Gasteiger partial charge in [0.05, 0.1) is 12.1 Å². The summed E-state index contributed by atoms with van der Waals surface area (Å²) >= 11 is 1.24. The number of primary amides is 1. The molecule has 0 bridgehead atoms. The number of hydrogen-bond acceptors (Lipinski definition) is 8. The zero-order valence-corrected chi connectivity index (χ0v) is 22.5. The lowest BCUT2D eigenvalue weighted by Crippen LogP contribution is -2.37. The summed E-state index contributed by atoms with van der Waals surface area (Å²) in [5, 5.41) is 11.8. The molecule has 9 nitrogen and oxygen atoms in total. The molecule has 1 aliphatic carbocycles. The number of anilines is 1. The van der Waals surface area contributed by atoms with E-state index in [2.05, 4.69) is 30.2 Å². The molecule has 0 saturated carbocycles. The Hall–Kier alpha value is -4.04. The fraction of sp³-hybridized carbons (Fsp3) is 0.333. The van der Waals surface area contributed by atoms with E-state index in [1.54, 1.807) is 24.5 Å². The van der Waals surface area contributed by atoms with Crippen LogP contribution < -0.4 is 11.1 Å². The quantitative estimate of drug-likeness (QED) is 0.177. The number of aromatic nitrogens is 4. The van der Waals surface area contributed by atoms with E-state index in [0.29, 0.717) is 41.4 Å². The van der Waals surface area contributed by atoms with Crippen molar-refractivity contribution in [2.45, 2.75) is 56.9 Å². The van der Waals surface area contributed by atoms with Crippen molar-refractivity contribution in [1.82, 2.24) is 20.2 Å². The topological polar surface area (TPSA) is 133 Å². The highest BCUT2D eigenvalue weighted by Crippen LogP contribution is 2.41. The lowest BCUT2D eigenvalue weighted by Gasteiger charge is -2.33. The van der Waals surface area contributed by atoms with Crippen LogP contribution in [-0.2, 0) is 39.2 Å². The molecule has 0 aliphatic heterocycles. The van der Waals surface area contributed by atoms with Gasteiger partial charge in [0, 0.05) is 37.2 Å². The maximum Gasteiger partial charge on any atom is 0.523 e. The minimum Gasteiger partial charge on any atom is -0.369 e. The number of nitrogens with two attached hydrogens (primary N) is 1. The second kappa shape index (κ2) is 13.1. The molecule has 0 fully saturated rings. The lowest BCUT2D eigenvalue weighted by molar-refractivity contribution is -0.362. The van der Waals surface area contributed by atoms with Crippen LogP contribution in [0.15, 0.2) is 60.5 Å². The standard InChI is InChI=1S/C27H26F4N6O3S/c28-24-19(7-1-2-8-23-36-37-25(41-23)35-22(39)14-18-6-4-12-33-16-18)9-10-20(34-24)26(40-27(29,30)31)11-3-5-17(15-26)13-21(32)38/h3-6,9-12,16H,1-2,7-8,13-15H2,(H2,32,38)(H,35,37,39). The fourth-order valence-corrected chi connectivity index (χ4v) is 5.18. The molecule has 0 aromatic carbocycles. The van der Waals surface area contributed by atoms with Gasteiger partial charge < -0.3 is 11.1 Å². The van der Waals surface area contributed by atoms with Gasteiger partial charge in [-0.3, -0.25) is 19.3 Å². The van der Waals surface area contributed by atoms with Crippen LogP contribution in [0, 0.1) is 5.95 Å². The number of carbonyl (C=O) groups excluding carboxylic acids is 2. The zero-order chi connectivity index (χ0) is 29.5. The summed E-state index contributed by atoms with van der Waals surface area (Å²) in [6.45, 7) is 0. The molecule has 0 radical (unpaired) electrons. The number of alkyl halides is 3. The average Bonchev–Trinajstić information content (AvgIpc) is 3.33. The highest BCUT2D eigenvalue weighted by molar-refractivity contribution is 7.15. The molecule has 0 saturated heterocycles. The zero-order valence-electron chi connectivity index (χ0n) is 21.7. The molecule has 3 N–H and O–H groups in total. The Balaban J connectivity index is 1.32. The summed E-state index contributed by atoms with van der Waals surface area (Å²) in [6, 6.07) is 6.23. The summed E-state index contributed by atoms with van der Waals surface area (Å²) in [7, 11) is 0. The second-order valence-electron chi connectivity index (χ2n) is 9.38. The number of allylic oxidation sites excluding steroid dienone is 2. The Kier molecular flexibility index (Phi) is 9.55. The summed E-state index contributed by atoms with van der Waals surface area (Å²) in [5.41, 5.74) is 4.12. The van der Waals surface area contributed by atoms with Crippen molar-refractivity contribution < 1.29 is 31.9 Å². The SMILES string of the molecule is NC(=O)CC1=CC=CC(OC(F)(F)F)(c2ccc(CCCCc3nnc(NC(=O)Cc4cccnc4)s3)c(F)n2)C1. The molecule has 0 spiro atoms. The van der Waals surface area contributed by atoms with Crippen LogP contribution in [-0.4, -0.2) is 38.3 Å². The molecule has 3 aromatic heterocycles. The number of nitrogens with one attached hydrogen (secondary N) is 1. The van der Waals surface area contributed by atoms with Gasteiger partial charge in [-0.1, -0.05) is 41.2 Å². The molecule has 2 amide bonds. The van der Waals surface area contributed by atoms with Crippen molar-refractivity contribution in [3.05, 3.63) is 88.2 Å². The van der Waals surface area contributed by atoms with Gasteiger partial charge in [0.1, 0.15) is 10.6 Å². The van der Waals surface area contributed by atoms with Crippen LogP contribution in [0.3, 0.4) is 0 Å². The maximum absolute atomic E-state index is 14.9. The summed E-state index contributed by atoms with van der Waals surface area (Å²) in [5.74, 6) is -1.85. The third-order valence-electron chi connectivity index (χ3n) is 6.13. The van der Waals surface area contributed by atoms with Gasteiger partial charge in [-0.2, -0.15) is 4.39 Å². The largest absolute Gasteiger partial charge is 0.523 e. The molecule has 216 valence electrons. The van der Waals surface area contributed by atoms with E-state index in [1.807, 2.05) is 0 Å². The first kappa shape index (κ1) is 29.9. The van der Waals surface area contributed by atoms with Crippen LogP contribution in [0.5, 0.6) is 0 Å². The predicted molar refractivity (Wildman–Crippen MR) is 142 cm³/mol. The number of rotatable bonds is 12. The smallest absolute Gasteiger partial charge is 0.369 e. The first-order chi connectivity index (χ1) is 19.5. The third-order valence-corrected chi connectivity index (χ3v) is 7.03. The van der Waals surface area contributed by atoms with E-state index in [9.17, 15) is 27.2 Å². The summed E-state index contributed by atoms with van der Waals surface area (Å²) < 4.78 is 59.3. The van der Waals surface area contributed by atoms with Gasteiger partial charge in [0.25, 0.3) is 0 Å². The minimum atomic E-state index is -5.04. The normalized spacial score (nSPS) is 16.8. The van der Waals surface area contributed by atoms with Gasteiger partial charge in [-0.15, -0.1) is 23.4 Å². The molecule has 3 heterocycles. The molecular formula is C27H26F4N6O3S. The Morgan fingerprint density at radius 1 is 1.12 bits per heavy atom. The van der Waals surface area contributed by atoms with Crippen molar-refractivity contribution in [1.29, 1.82) is 0 Å². The number of ether oxygens (including phenoxy) is 1. The van der Waals surface area contributed by atoms with Gasteiger partial charge in [-0.25, -0.2) is 4.98 Å². The van der Waals surface area contributed by atoms with E-state index < -0.39 is 23.8 Å². The monoisotopic (exact) mass is 590 g/mol. The van der Waals surface area contributed by atoms with Crippen LogP contribution in [0.25, 0.3) is 0 Å². The van der Waals surface area contributed by atoms with E-state index in [0.717, 1.165) is 11.6 Å². The van der Waals surface area contributed by atoms with Crippen LogP contribution in [0.2, 0.25) is 0 Å². The third kappa shape index (κ3) is 8.72. The molecule has 3 aromatic rings. The van der Waals surface area contributed by atoms with E-state index >= 15 is 0 Å². The molecule has 1 aliphatic rings. The molecule has 1 unspecified atom stereocenters. The number of nitrogens with zero attached hydrogens (tertiary/aromatic N) is 4. The average molecular weight is 591 g/mol. The molecule has 1 atom stereocenters. The highest BCUT2D eigenvalue weighted by Gasteiger charge is 2.45. The number of pyridine rings is 2. The van der Waals surface area contributed by atoms with E-state index in [-0.39, 0.29) is 36.4 Å². The molecular weight excluding hydrogens is 564 g/mol. The van der Waals surface area contributed by atoms with E-state index in [4.69, 9.17) is 5.73 Å². The van der Waals surface area contributed by atoms with Gasteiger partial charge in [-0.05, 0) is 43.0 Å². The van der Waals surface area contributed by atoms with Crippen molar-refractivity contribution in [2.24, 2.45) is 5.73 Å². The minimum absolute atomic E-state index is 0.159. The van der Waals surface area contributed by atoms with Gasteiger partial charge >= 0.3 is 6.36 Å². The number of amides is 2. The van der Waals surface area contributed by atoms with E-state index in [1.165, 1.54) is 35.6 Å². The highest BCUT2D eigenvalue weighted by atomic mass is 32.1. The second-order valence-corrected chi connectivity index (χ2v) is 10.4. The fourth-order valence-electron chi connectivity index (χ4n) is 4.38. The Bertz CT molecular complexity index is 1440. The van der Waals surface area contributed by atoms with Crippen molar-refractivity contribution in [3.63, 3.8) is 0 Å². The lowest BCUT2D eigenvalue weighted by atomic mass is 9.85. The number of halogens is 4. The van der Waals surface area contributed by atoms with Gasteiger partial charge in [0.2, 0.25) is 22.9 Å². The Morgan fingerprint density at radius 2 is 1.93 bits per heavy atom. The Labute approximate surface area is 236 Å². The maximum atomic E-state index is 14.9. The summed E-state index contributed by atoms with van der Waals surface area (Å²) in [6.07, 6.45) is 3.69. The van der Waals surface area contributed by atoms with Crippen LogP contribution >= 0.6 is 11.3 Å². The Morgan fingerprint density at radius 3 is 2.63 bits per heavy atom. The summed E-state index contributed by atoms with van der Waals surface area (Å²) in [4.78, 5) is 31.3. The molecule has 14 heteroatoms. The predicted octanol–water partition coefficient (Wildman–Crippen LogP) is 4.71. The number of aryl methyl sites for hydroxylation is 2. The number of carbonyl (C=O) groups is 2. The molecule has 4 rings (SSSR count). The van der Waals surface area contributed by atoms with Crippen molar-refractivity contribution in [3.8, 4) is 0 Å². The first-order valence-corrected chi connectivity index (χ1v) is 13.4. The van der Waals surface area contributed by atoms with Gasteiger partial charge in [0.15, 0.2) is 0 Å². The molecule has 41 heavy (non-hydrogen) atoms.